The molecular formula is C40H56N2O4. The molecule has 0 radical (unpaired) electrons. The largest absolute Gasteiger partial charge is 0.507 e. The molecule has 6 heteroatoms. The standard InChI is InChI=1S/C40H56N2O4/c1-37(2,3)27-21-25(22-28(35(27)45)38(4,5)6)17-19-33(43)41-31-15-13-14-16-32(31)42-34(44)20-18-26-23-29(39(7,8)9)36(46)30(24-26)40(10,11)12/h13-16,21-24,45-46H,17-20H2,1-12H3,(H,41,43)(H,42,44). The van der Waals surface area contributed by atoms with Crippen molar-refractivity contribution in [1.82, 2.24) is 0 Å². The van der Waals surface area contributed by atoms with Gasteiger partial charge in [0.05, 0.1) is 11.4 Å². The van der Waals surface area contributed by atoms with Gasteiger partial charge in [0, 0.05) is 12.8 Å². The molecule has 6 nitrogen and oxygen atoms in total. The van der Waals surface area contributed by atoms with E-state index in [1.54, 1.807) is 12.1 Å². The fraction of sp³-hybridized carbons (Fsp3) is 0.500. The van der Waals surface area contributed by atoms with Gasteiger partial charge in [-0.3, -0.25) is 9.59 Å². The van der Waals surface area contributed by atoms with E-state index in [4.69, 9.17) is 0 Å². The van der Waals surface area contributed by atoms with E-state index in [9.17, 15) is 19.8 Å². The maximum absolute atomic E-state index is 13.1. The first kappa shape index (κ1) is 36.7. The van der Waals surface area contributed by atoms with E-state index in [0.29, 0.717) is 35.7 Å². The lowest BCUT2D eigenvalue weighted by Gasteiger charge is -2.28. The molecule has 250 valence electrons. The number of nitrogens with one attached hydrogen (secondary N) is 2. The number of aromatic hydroxyl groups is 2. The molecular weight excluding hydrogens is 572 g/mol. The minimum Gasteiger partial charge on any atom is -0.507 e. The van der Waals surface area contributed by atoms with Crippen LogP contribution in [0, 0.1) is 0 Å². The fourth-order valence-electron chi connectivity index (χ4n) is 5.61. The number of benzene rings is 3. The Kier molecular flexibility index (Phi) is 10.8. The highest BCUT2D eigenvalue weighted by Crippen LogP contribution is 2.41. The highest BCUT2D eigenvalue weighted by atomic mass is 16.3. The van der Waals surface area contributed by atoms with E-state index in [1.165, 1.54) is 0 Å². The van der Waals surface area contributed by atoms with Gasteiger partial charge in [-0.2, -0.15) is 0 Å². The Hall–Kier alpha value is -3.80. The summed E-state index contributed by atoms with van der Waals surface area (Å²) in [6.07, 6.45) is 1.56. The monoisotopic (exact) mass is 628 g/mol. The molecule has 0 atom stereocenters. The van der Waals surface area contributed by atoms with Crippen LogP contribution in [0.4, 0.5) is 11.4 Å². The lowest BCUT2D eigenvalue weighted by molar-refractivity contribution is -0.117. The predicted octanol–water partition coefficient (Wildman–Crippen LogP) is 9.43. The number of amides is 2. The molecule has 3 rings (SSSR count). The Bertz CT molecular complexity index is 1390. The normalized spacial score (nSPS) is 12.6. The number of phenols is 2. The highest BCUT2D eigenvalue weighted by Gasteiger charge is 2.28. The summed E-state index contributed by atoms with van der Waals surface area (Å²) in [5, 5.41) is 28.0. The molecule has 0 aliphatic carbocycles. The summed E-state index contributed by atoms with van der Waals surface area (Å²) in [5.74, 6) is 0.343. The molecule has 0 aliphatic heterocycles. The minimum atomic E-state index is -0.244. The van der Waals surface area contributed by atoms with Crippen molar-refractivity contribution in [2.75, 3.05) is 10.6 Å². The van der Waals surface area contributed by atoms with E-state index in [0.717, 1.165) is 33.4 Å². The third-order valence-corrected chi connectivity index (χ3v) is 8.33. The van der Waals surface area contributed by atoms with Gasteiger partial charge in [0.2, 0.25) is 11.8 Å². The van der Waals surface area contributed by atoms with Crippen LogP contribution in [0.25, 0.3) is 0 Å². The summed E-state index contributed by atoms with van der Waals surface area (Å²) < 4.78 is 0. The first-order valence-electron chi connectivity index (χ1n) is 16.4. The van der Waals surface area contributed by atoms with Crippen LogP contribution in [-0.2, 0) is 44.1 Å². The third kappa shape index (κ3) is 9.37. The first-order valence-corrected chi connectivity index (χ1v) is 16.4. The number of anilines is 2. The molecule has 0 aromatic heterocycles. The van der Waals surface area contributed by atoms with Gasteiger partial charge in [0.15, 0.2) is 0 Å². The number of carbonyl (C=O) groups excluding carboxylic acids is 2. The molecule has 3 aromatic carbocycles. The van der Waals surface area contributed by atoms with Crippen LogP contribution in [0.3, 0.4) is 0 Å². The van der Waals surface area contributed by atoms with Crippen LogP contribution in [-0.4, -0.2) is 22.0 Å². The van der Waals surface area contributed by atoms with Crippen LogP contribution in [0.2, 0.25) is 0 Å². The lowest BCUT2D eigenvalue weighted by Crippen LogP contribution is -2.19. The van der Waals surface area contributed by atoms with Crippen LogP contribution < -0.4 is 10.6 Å². The van der Waals surface area contributed by atoms with E-state index >= 15 is 0 Å². The second-order valence-electron chi connectivity index (χ2n) is 16.7. The molecule has 3 aromatic rings. The average molecular weight is 629 g/mol. The zero-order valence-electron chi connectivity index (χ0n) is 30.2. The van der Waals surface area contributed by atoms with Crippen LogP contribution in [0.15, 0.2) is 48.5 Å². The van der Waals surface area contributed by atoms with Gasteiger partial charge in [-0.1, -0.05) is 119 Å². The number of hydrogen-bond acceptors (Lipinski definition) is 4. The maximum atomic E-state index is 13.1. The average Bonchev–Trinajstić information content (AvgIpc) is 2.90. The van der Waals surface area contributed by atoms with Crippen molar-refractivity contribution < 1.29 is 19.8 Å². The Balaban J connectivity index is 1.72. The van der Waals surface area contributed by atoms with E-state index in [2.05, 4.69) is 93.7 Å². The smallest absolute Gasteiger partial charge is 0.224 e. The van der Waals surface area contributed by atoms with Gasteiger partial charge >= 0.3 is 0 Å². The Morgan fingerprint density at radius 2 is 0.783 bits per heavy atom. The molecule has 0 unspecified atom stereocenters. The molecule has 0 saturated heterocycles. The summed E-state index contributed by atoms with van der Waals surface area (Å²) in [4.78, 5) is 26.2. The molecule has 0 aliphatic rings. The SMILES string of the molecule is CC(C)(C)c1cc(CCC(=O)Nc2ccccc2NC(=O)CCc2cc(C(C)(C)C)c(O)c(C(C)(C)C)c2)cc(C(C)(C)C)c1O. The van der Waals surface area contributed by atoms with Crippen molar-refractivity contribution in [3.8, 4) is 11.5 Å². The molecule has 0 heterocycles. The van der Waals surface area contributed by atoms with Gasteiger partial charge in [-0.05, 0) is 80.0 Å². The topological polar surface area (TPSA) is 98.7 Å². The number of carbonyl (C=O) groups is 2. The van der Waals surface area contributed by atoms with Crippen molar-refractivity contribution in [2.45, 2.75) is 130 Å². The second kappa shape index (κ2) is 13.5. The van der Waals surface area contributed by atoms with Gasteiger partial charge in [-0.25, -0.2) is 0 Å². The van der Waals surface area contributed by atoms with Gasteiger partial charge < -0.3 is 20.8 Å². The molecule has 2 amide bonds. The van der Waals surface area contributed by atoms with E-state index < -0.39 is 0 Å². The molecule has 0 fully saturated rings. The predicted molar refractivity (Wildman–Crippen MR) is 191 cm³/mol. The summed E-state index contributed by atoms with van der Waals surface area (Å²) >= 11 is 0. The van der Waals surface area contributed by atoms with Crippen LogP contribution in [0.1, 0.15) is 129 Å². The zero-order valence-corrected chi connectivity index (χ0v) is 30.2. The third-order valence-electron chi connectivity index (χ3n) is 8.33. The highest BCUT2D eigenvalue weighted by molar-refractivity contribution is 5.99. The van der Waals surface area contributed by atoms with Crippen molar-refractivity contribution >= 4 is 23.2 Å². The Morgan fingerprint density at radius 3 is 1.02 bits per heavy atom. The number of rotatable bonds is 8. The molecule has 0 spiro atoms. The number of phenolic OH excluding ortho intramolecular Hbond substituents is 2. The fourth-order valence-corrected chi connectivity index (χ4v) is 5.61. The number of para-hydroxylation sites is 2. The summed E-state index contributed by atoms with van der Waals surface area (Å²) in [6.45, 7) is 24.9. The minimum absolute atomic E-state index is 0.155. The molecule has 46 heavy (non-hydrogen) atoms. The maximum Gasteiger partial charge on any atom is 0.224 e. The van der Waals surface area contributed by atoms with Crippen molar-refractivity contribution in [1.29, 1.82) is 0 Å². The summed E-state index contributed by atoms with van der Waals surface area (Å²) in [7, 11) is 0. The van der Waals surface area contributed by atoms with Crippen LogP contribution >= 0.6 is 0 Å². The Labute approximate surface area is 277 Å². The quantitative estimate of drug-likeness (QED) is 0.200. The summed E-state index contributed by atoms with van der Waals surface area (Å²) in [5.41, 5.74) is 5.62. The first-order chi connectivity index (χ1) is 21.0. The van der Waals surface area contributed by atoms with Crippen molar-refractivity contribution in [2.24, 2.45) is 0 Å². The van der Waals surface area contributed by atoms with E-state index in [1.807, 2.05) is 36.4 Å². The zero-order chi connectivity index (χ0) is 34.8. The number of aryl methyl sites for hydroxylation is 2. The van der Waals surface area contributed by atoms with E-state index in [-0.39, 0.29) is 46.3 Å². The number of hydrogen-bond donors (Lipinski definition) is 4. The second-order valence-corrected chi connectivity index (χ2v) is 16.7. The van der Waals surface area contributed by atoms with Crippen LogP contribution in [0.5, 0.6) is 11.5 Å². The molecule has 0 bridgehead atoms. The lowest BCUT2D eigenvalue weighted by atomic mass is 9.78. The Morgan fingerprint density at radius 1 is 0.522 bits per heavy atom. The summed E-state index contributed by atoms with van der Waals surface area (Å²) in [6, 6.07) is 15.3. The van der Waals surface area contributed by atoms with Gasteiger partial charge in [0.25, 0.3) is 0 Å². The van der Waals surface area contributed by atoms with Crippen molar-refractivity contribution in [3.05, 3.63) is 81.9 Å². The van der Waals surface area contributed by atoms with Gasteiger partial charge in [-0.15, -0.1) is 0 Å². The molecule has 0 saturated carbocycles. The molecule has 4 N–H and O–H groups in total. The van der Waals surface area contributed by atoms with Gasteiger partial charge in [0.1, 0.15) is 11.5 Å². The van der Waals surface area contributed by atoms with Crippen molar-refractivity contribution in [3.63, 3.8) is 0 Å².